The van der Waals surface area contributed by atoms with Gasteiger partial charge >= 0.3 is 0 Å². The van der Waals surface area contributed by atoms with E-state index in [9.17, 15) is 14.4 Å². The van der Waals surface area contributed by atoms with Crippen LogP contribution in [-0.4, -0.2) is 61.1 Å². The quantitative estimate of drug-likeness (QED) is 0.179. The SMILES string of the molecule is C=C/C(=C\C=C(/C)C(=O)N(C)Cc1ccc(OC)cc1)c1cccc(Nc2cc(NC(=O)C3CC3)nnc2C(=O)NC)c1OC. The number of rotatable bonds is 13. The van der Waals surface area contributed by atoms with Crippen molar-refractivity contribution in [3.05, 3.63) is 95.7 Å². The Labute approximate surface area is 263 Å². The van der Waals surface area contributed by atoms with E-state index in [1.807, 2.05) is 36.4 Å². The van der Waals surface area contributed by atoms with E-state index in [2.05, 4.69) is 32.7 Å². The van der Waals surface area contributed by atoms with Crippen molar-refractivity contribution in [3.63, 3.8) is 0 Å². The first-order chi connectivity index (χ1) is 21.7. The normalized spacial score (nSPS) is 13.0. The van der Waals surface area contributed by atoms with E-state index < -0.39 is 5.91 Å². The average molecular weight is 611 g/mol. The maximum atomic E-state index is 13.1. The van der Waals surface area contributed by atoms with Crippen LogP contribution in [0.15, 0.2) is 78.9 Å². The highest BCUT2D eigenvalue weighted by Gasteiger charge is 2.30. The number of allylic oxidation sites excluding steroid dienone is 4. The molecule has 1 aromatic heterocycles. The van der Waals surface area contributed by atoms with Gasteiger partial charge in [-0.15, -0.1) is 10.2 Å². The third-order valence-corrected chi connectivity index (χ3v) is 7.23. The van der Waals surface area contributed by atoms with E-state index >= 15 is 0 Å². The largest absolute Gasteiger partial charge is 0.497 e. The van der Waals surface area contributed by atoms with Gasteiger partial charge in [0.25, 0.3) is 5.91 Å². The topological polar surface area (TPSA) is 135 Å². The van der Waals surface area contributed by atoms with Gasteiger partial charge in [0, 0.05) is 43.8 Å². The van der Waals surface area contributed by atoms with Gasteiger partial charge in [-0.05, 0) is 49.1 Å². The Morgan fingerprint density at radius 2 is 1.76 bits per heavy atom. The number of para-hydroxylation sites is 1. The summed E-state index contributed by atoms with van der Waals surface area (Å²) in [6.45, 7) is 6.18. The molecule has 1 fully saturated rings. The van der Waals surface area contributed by atoms with Crippen LogP contribution in [0.4, 0.5) is 17.2 Å². The summed E-state index contributed by atoms with van der Waals surface area (Å²) < 4.78 is 11.0. The molecule has 0 spiro atoms. The van der Waals surface area contributed by atoms with Crippen molar-refractivity contribution in [1.82, 2.24) is 20.4 Å². The number of nitrogens with zero attached hydrogens (tertiary/aromatic N) is 3. The molecule has 4 rings (SSSR count). The van der Waals surface area contributed by atoms with Gasteiger partial charge in [-0.3, -0.25) is 14.4 Å². The molecule has 3 aromatic rings. The molecule has 11 heteroatoms. The van der Waals surface area contributed by atoms with Crippen LogP contribution < -0.4 is 25.4 Å². The molecule has 1 heterocycles. The van der Waals surface area contributed by atoms with Crippen LogP contribution in [0.1, 0.15) is 41.4 Å². The number of benzene rings is 2. The van der Waals surface area contributed by atoms with Gasteiger partial charge in [-0.2, -0.15) is 0 Å². The van der Waals surface area contributed by atoms with Crippen LogP contribution in [-0.2, 0) is 16.1 Å². The lowest BCUT2D eigenvalue weighted by Gasteiger charge is -2.18. The number of nitrogens with one attached hydrogen (secondary N) is 3. The number of likely N-dealkylation sites (N-methyl/N-ethyl adjacent to an activating group) is 1. The second-order valence-corrected chi connectivity index (χ2v) is 10.5. The molecule has 0 bridgehead atoms. The Bertz CT molecular complexity index is 1640. The summed E-state index contributed by atoms with van der Waals surface area (Å²) >= 11 is 0. The van der Waals surface area contributed by atoms with Gasteiger partial charge in [0.2, 0.25) is 11.8 Å². The number of aromatic nitrogens is 2. The summed E-state index contributed by atoms with van der Waals surface area (Å²) in [4.78, 5) is 39.7. The third-order valence-electron chi connectivity index (χ3n) is 7.23. The fourth-order valence-electron chi connectivity index (χ4n) is 4.57. The zero-order chi connectivity index (χ0) is 32.5. The number of anilines is 3. The summed E-state index contributed by atoms with van der Waals surface area (Å²) in [6.07, 6.45) is 6.90. The third kappa shape index (κ3) is 8.14. The number of amides is 3. The summed E-state index contributed by atoms with van der Waals surface area (Å²) in [5.74, 6) is 0.735. The lowest BCUT2D eigenvalue weighted by atomic mass is 10.0. The highest BCUT2D eigenvalue weighted by molar-refractivity contribution is 6.00. The van der Waals surface area contributed by atoms with Crippen molar-refractivity contribution >= 4 is 40.5 Å². The predicted octanol–water partition coefficient (Wildman–Crippen LogP) is 5.12. The van der Waals surface area contributed by atoms with E-state index in [1.165, 1.54) is 14.2 Å². The monoisotopic (exact) mass is 610 g/mol. The van der Waals surface area contributed by atoms with E-state index in [1.54, 1.807) is 56.3 Å². The minimum Gasteiger partial charge on any atom is -0.497 e. The van der Waals surface area contributed by atoms with Crippen molar-refractivity contribution in [2.24, 2.45) is 5.92 Å². The molecule has 1 aliphatic rings. The van der Waals surface area contributed by atoms with Gasteiger partial charge < -0.3 is 30.3 Å². The van der Waals surface area contributed by atoms with Crippen LogP contribution >= 0.6 is 0 Å². The molecule has 0 atom stereocenters. The molecule has 1 aliphatic carbocycles. The van der Waals surface area contributed by atoms with Gasteiger partial charge in [-0.1, -0.05) is 49.1 Å². The minimum atomic E-state index is -0.450. The fourth-order valence-corrected chi connectivity index (χ4v) is 4.57. The van der Waals surface area contributed by atoms with Gasteiger partial charge in [0.1, 0.15) is 11.5 Å². The van der Waals surface area contributed by atoms with Gasteiger partial charge in [-0.25, -0.2) is 0 Å². The van der Waals surface area contributed by atoms with E-state index in [0.29, 0.717) is 40.4 Å². The molecule has 3 amide bonds. The second kappa shape index (κ2) is 14.8. The van der Waals surface area contributed by atoms with Crippen LogP contribution in [0, 0.1) is 5.92 Å². The summed E-state index contributed by atoms with van der Waals surface area (Å²) in [5, 5.41) is 16.6. The maximum Gasteiger partial charge on any atom is 0.273 e. The van der Waals surface area contributed by atoms with Crippen molar-refractivity contribution in [1.29, 1.82) is 0 Å². The van der Waals surface area contributed by atoms with Crippen LogP contribution in [0.5, 0.6) is 11.5 Å². The summed E-state index contributed by atoms with van der Waals surface area (Å²) in [6, 6.07) is 14.6. The molecular weight excluding hydrogens is 572 g/mol. The smallest absolute Gasteiger partial charge is 0.273 e. The van der Waals surface area contributed by atoms with Crippen LogP contribution in [0.3, 0.4) is 0 Å². The Balaban J connectivity index is 1.59. The van der Waals surface area contributed by atoms with E-state index in [0.717, 1.165) is 24.2 Å². The highest BCUT2D eigenvalue weighted by Crippen LogP contribution is 2.37. The first-order valence-corrected chi connectivity index (χ1v) is 14.4. The van der Waals surface area contributed by atoms with Crippen LogP contribution in [0.2, 0.25) is 0 Å². The number of carbonyl (C=O) groups excluding carboxylic acids is 3. The summed E-state index contributed by atoms with van der Waals surface area (Å²) in [7, 11) is 6.40. The molecule has 2 aromatic carbocycles. The first kappa shape index (κ1) is 32.5. The first-order valence-electron chi connectivity index (χ1n) is 14.4. The number of hydrogen-bond donors (Lipinski definition) is 3. The molecular formula is C34H38N6O5. The number of carbonyl (C=O) groups is 3. The molecule has 0 radical (unpaired) electrons. The molecule has 3 N–H and O–H groups in total. The molecule has 0 saturated heterocycles. The van der Waals surface area contributed by atoms with E-state index in [-0.39, 0.29) is 29.2 Å². The fraction of sp³-hybridized carbons (Fsp3) is 0.265. The zero-order valence-corrected chi connectivity index (χ0v) is 26.1. The minimum absolute atomic E-state index is 0.0235. The van der Waals surface area contributed by atoms with Gasteiger partial charge in [0.15, 0.2) is 11.5 Å². The lowest BCUT2D eigenvalue weighted by molar-refractivity contribution is -0.126. The second-order valence-electron chi connectivity index (χ2n) is 10.5. The number of hydrogen-bond acceptors (Lipinski definition) is 8. The number of ether oxygens (including phenoxy) is 2. The Morgan fingerprint density at radius 3 is 2.38 bits per heavy atom. The van der Waals surface area contributed by atoms with Crippen molar-refractivity contribution in [3.8, 4) is 11.5 Å². The molecule has 234 valence electrons. The van der Waals surface area contributed by atoms with Crippen molar-refractivity contribution < 1.29 is 23.9 Å². The van der Waals surface area contributed by atoms with E-state index in [4.69, 9.17) is 9.47 Å². The van der Waals surface area contributed by atoms with Crippen LogP contribution in [0.25, 0.3) is 5.57 Å². The van der Waals surface area contributed by atoms with Crippen molar-refractivity contribution in [2.75, 3.05) is 38.9 Å². The lowest BCUT2D eigenvalue weighted by Crippen LogP contribution is -2.26. The standard InChI is InChI=1S/C34H38N6O5/c1-7-23(14-11-21(2)34(43)40(4)20-22-12-17-25(44-5)18-13-22)26-9-8-10-27(31(26)45-6)36-28-19-29(37-32(41)24-15-16-24)38-39-30(28)33(42)35-3/h7-14,17-19,24H,1,15-16,20H2,2-6H3,(H,35,42)(H2,36,37,38,41)/b21-11+,23-14+. The zero-order valence-electron chi connectivity index (χ0n) is 26.1. The summed E-state index contributed by atoms with van der Waals surface area (Å²) in [5.41, 5.74) is 3.84. The van der Waals surface area contributed by atoms with Gasteiger partial charge in [0.05, 0.1) is 25.6 Å². The molecule has 45 heavy (non-hydrogen) atoms. The molecule has 1 saturated carbocycles. The highest BCUT2D eigenvalue weighted by atomic mass is 16.5. The maximum absolute atomic E-state index is 13.1. The Kier molecular flexibility index (Phi) is 10.7. The number of methoxy groups -OCH3 is 2. The van der Waals surface area contributed by atoms with Crippen molar-refractivity contribution in [2.45, 2.75) is 26.3 Å². The molecule has 0 aliphatic heterocycles. The Hall–Kier alpha value is -5.45. The Morgan fingerprint density at radius 1 is 1.02 bits per heavy atom. The molecule has 0 unspecified atom stereocenters. The molecule has 11 nitrogen and oxygen atoms in total. The average Bonchev–Trinajstić information content (AvgIpc) is 3.91. The predicted molar refractivity (Wildman–Crippen MR) is 174 cm³/mol.